The lowest BCUT2D eigenvalue weighted by atomic mass is 10.0. The molecule has 1 unspecified atom stereocenters. The fraction of sp³-hybridized carbons (Fsp3) is 1.00. The molecule has 1 heterocycles. The highest BCUT2D eigenvalue weighted by atomic mass is 32.2. The summed E-state index contributed by atoms with van der Waals surface area (Å²) in [6.45, 7) is 5.42. The van der Waals surface area contributed by atoms with Crippen molar-refractivity contribution in [1.82, 2.24) is 5.32 Å². The van der Waals surface area contributed by atoms with Crippen LogP contribution in [-0.4, -0.2) is 32.5 Å². The summed E-state index contributed by atoms with van der Waals surface area (Å²) in [6, 6.07) is 0. The zero-order valence-corrected chi connectivity index (χ0v) is 9.23. The third-order valence-electron chi connectivity index (χ3n) is 2.59. The lowest BCUT2D eigenvalue weighted by Crippen LogP contribution is -2.35. The van der Waals surface area contributed by atoms with Gasteiger partial charge in [-0.3, -0.25) is 0 Å². The predicted octanol–water partition coefficient (Wildman–Crippen LogP) is 0.809. The van der Waals surface area contributed by atoms with Gasteiger partial charge < -0.3 is 5.32 Å². The largest absolute Gasteiger partial charge is 0.316 e. The van der Waals surface area contributed by atoms with Crippen LogP contribution in [0.2, 0.25) is 0 Å². The Bertz CT molecular complexity index is 240. The van der Waals surface area contributed by atoms with Gasteiger partial charge in [0.15, 0.2) is 9.84 Å². The van der Waals surface area contributed by atoms with Crippen molar-refractivity contribution in [2.75, 3.05) is 18.8 Å². The van der Waals surface area contributed by atoms with Crippen molar-refractivity contribution in [1.29, 1.82) is 0 Å². The number of hydrogen-bond donors (Lipinski definition) is 1. The summed E-state index contributed by atoms with van der Waals surface area (Å²) in [5.74, 6) is 0.693. The van der Waals surface area contributed by atoms with Crippen LogP contribution in [0.25, 0.3) is 0 Å². The quantitative estimate of drug-likeness (QED) is 0.741. The maximum Gasteiger partial charge on any atom is 0.152 e. The highest BCUT2D eigenvalue weighted by molar-refractivity contribution is 7.91. The van der Waals surface area contributed by atoms with E-state index in [2.05, 4.69) is 5.32 Å². The van der Waals surface area contributed by atoms with Crippen molar-refractivity contribution in [3.8, 4) is 0 Å². The molecule has 0 amide bonds. The normalized spacial score (nSPS) is 25.0. The SMILES string of the molecule is CC(C)S(=O)(=O)CC1CCCNC1. The summed E-state index contributed by atoms with van der Waals surface area (Å²) in [4.78, 5) is 0. The van der Waals surface area contributed by atoms with Crippen molar-refractivity contribution in [3.05, 3.63) is 0 Å². The summed E-state index contributed by atoms with van der Waals surface area (Å²) in [5.41, 5.74) is 0. The second-order valence-electron chi connectivity index (χ2n) is 4.09. The second kappa shape index (κ2) is 4.42. The maximum absolute atomic E-state index is 11.6. The smallest absolute Gasteiger partial charge is 0.152 e. The van der Waals surface area contributed by atoms with Crippen molar-refractivity contribution < 1.29 is 8.42 Å². The van der Waals surface area contributed by atoms with Gasteiger partial charge in [-0.1, -0.05) is 0 Å². The van der Waals surface area contributed by atoms with Gasteiger partial charge in [0.25, 0.3) is 0 Å². The van der Waals surface area contributed by atoms with Gasteiger partial charge in [-0.15, -0.1) is 0 Å². The number of hydrogen-bond acceptors (Lipinski definition) is 3. The van der Waals surface area contributed by atoms with Gasteiger partial charge in [0.1, 0.15) is 0 Å². The van der Waals surface area contributed by atoms with Crippen LogP contribution >= 0.6 is 0 Å². The van der Waals surface area contributed by atoms with Gasteiger partial charge in [0, 0.05) is 0 Å². The Morgan fingerprint density at radius 1 is 1.46 bits per heavy atom. The van der Waals surface area contributed by atoms with Crippen LogP contribution in [0.15, 0.2) is 0 Å². The van der Waals surface area contributed by atoms with E-state index in [1.54, 1.807) is 13.8 Å². The van der Waals surface area contributed by atoms with Crippen LogP contribution in [0.1, 0.15) is 26.7 Å². The number of piperidine rings is 1. The zero-order valence-electron chi connectivity index (χ0n) is 8.41. The average Bonchev–Trinajstić information content (AvgIpc) is 2.05. The molecule has 0 aromatic heterocycles. The molecule has 1 aliphatic rings. The Morgan fingerprint density at radius 2 is 2.15 bits per heavy atom. The standard InChI is InChI=1S/C9H19NO2S/c1-8(2)13(11,12)7-9-4-3-5-10-6-9/h8-10H,3-7H2,1-2H3. The Kier molecular flexibility index (Phi) is 3.74. The van der Waals surface area contributed by atoms with Gasteiger partial charge in [0.2, 0.25) is 0 Å². The minimum Gasteiger partial charge on any atom is -0.316 e. The lowest BCUT2D eigenvalue weighted by Gasteiger charge is -2.23. The molecule has 1 rings (SSSR count). The summed E-state index contributed by atoms with van der Waals surface area (Å²) in [7, 11) is -2.84. The molecule has 0 aliphatic carbocycles. The number of rotatable bonds is 3. The molecule has 1 atom stereocenters. The molecule has 0 spiro atoms. The summed E-state index contributed by atoms with van der Waals surface area (Å²) in [6.07, 6.45) is 2.16. The third-order valence-corrected chi connectivity index (χ3v) is 4.96. The lowest BCUT2D eigenvalue weighted by molar-refractivity contribution is 0.403. The molecule has 78 valence electrons. The topological polar surface area (TPSA) is 46.2 Å². The highest BCUT2D eigenvalue weighted by Crippen LogP contribution is 2.14. The fourth-order valence-corrected chi connectivity index (χ4v) is 2.91. The van der Waals surface area contributed by atoms with Crippen LogP contribution in [0, 0.1) is 5.92 Å². The van der Waals surface area contributed by atoms with E-state index in [9.17, 15) is 8.42 Å². The van der Waals surface area contributed by atoms with Crippen LogP contribution in [0.5, 0.6) is 0 Å². The minimum absolute atomic E-state index is 0.227. The predicted molar refractivity (Wildman–Crippen MR) is 54.5 cm³/mol. The van der Waals surface area contributed by atoms with Gasteiger partial charge >= 0.3 is 0 Å². The van der Waals surface area contributed by atoms with Gasteiger partial charge in [0.05, 0.1) is 11.0 Å². The van der Waals surface area contributed by atoms with E-state index in [1.165, 1.54) is 0 Å². The Balaban J connectivity index is 2.47. The highest BCUT2D eigenvalue weighted by Gasteiger charge is 2.23. The Morgan fingerprint density at radius 3 is 2.62 bits per heavy atom. The van der Waals surface area contributed by atoms with Crippen LogP contribution in [0.4, 0.5) is 0 Å². The van der Waals surface area contributed by atoms with Crippen molar-refractivity contribution in [2.24, 2.45) is 5.92 Å². The Labute approximate surface area is 80.8 Å². The van der Waals surface area contributed by atoms with Crippen LogP contribution in [-0.2, 0) is 9.84 Å². The molecule has 1 N–H and O–H groups in total. The van der Waals surface area contributed by atoms with E-state index >= 15 is 0 Å². The van der Waals surface area contributed by atoms with Crippen molar-refractivity contribution >= 4 is 9.84 Å². The van der Waals surface area contributed by atoms with Gasteiger partial charge in [-0.25, -0.2) is 8.42 Å². The van der Waals surface area contributed by atoms with E-state index in [0.29, 0.717) is 11.7 Å². The first-order valence-corrected chi connectivity index (χ1v) is 6.66. The van der Waals surface area contributed by atoms with Crippen molar-refractivity contribution in [2.45, 2.75) is 31.9 Å². The van der Waals surface area contributed by atoms with Crippen molar-refractivity contribution in [3.63, 3.8) is 0 Å². The minimum atomic E-state index is -2.84. The third kappa shape index (κ3) is 3.27. The average molecular weight is 205 g/mol. The van der Waals surface area contributed by atoms with Gasteiger partial charge in [-0.2, -0.15) is 0 Å². The first-order chi connectivity index (χ1) is 6.02. The number of nitrogens with one attached hydrogen (secondary N) is 1. The molecular formula is C9H19NO2S. The molecule has 1 fully saturated rings. The number of sulfone groups is 1. The first-order valence-electron chi connectivity index (χ1n) is 4.94. The zero-order chi connectivity index (χ0) is 9.90. The van der Waals surface area contributed by atoms with Gasteiger partial charge in [-0.05, 0) is 45.7 Å². The summed E-state index contributed by atoms with van der Waals surface area (Å²) in [5, 5.41) is 3.00. The second-order valence-corrected chi connectivity index (χ2v) is 6.69. The fourth-order valence-electron chi connectivity index (χ4n) is 1.59. The van der Waals surface area contributed by atoms with Crippen LogP contribution in [0.3, 0.4) is 0 Å². The monoisotopic (exact) mass is 205 g/mol. The molecular weight excluding hydrogens is 186 g/mol. The summed E-state index contributed by atoms with van der Waals surface area (Å²) < 4.78 is 23.1. The molecule has 13 heavy (non-hydrogen) atoms. The molecule has 0 bridgehead atoms. The van der Waals surface area contributed by atoms with E-state index in [0.717, 1.165) is 25.9 Å². The van der Waals surface area contributed by atoms with E-state index < -0.39 is 9.84 Å². The van der Waals surface area contributed by atoms with E-state index in [4.69, 9.17) is 0 Å². The van der Waals surface area contributed by atoms with E-state index in [-0.39, 0.29) is 5.25 Å². The molecule has 4 heteroatoms. The first kappa shape index (κ1) is 11.0. The molecule has 1 aliphatic heterocycles. The Hall–Kier alpha value is -0.0900. The molecule has 0 aromatic rings. The molecule has 0 saturated carbocycles. The van der Waals surface area contributed by atoms with E-state index in [1.807, 2.05) is 0 Å². The molecule has 0 aromatic carbocycles. The molecule has 3 nitrogen and oxygen atoms in total. The summed E-state index contributed by atoms with van der Waals surface area (Å²) >= 11 is 0. The maximum atomic E-state index is 11.6. The van der Waals surface area contributed by atoms with Crippen LogP contribution < -0.4 is 5.32 Å². The molecule has 0 radical (unpaired) electrons. The molecule has 1 saturated heterocycles.